The standard InChI is InChI=1S/C13H20N4O3/c1-8-6-10(11(14-8)12(18)19)15-13(20)17-5-4-16(3)9(2)7-17/h6,9,14H,4-5,7H2,1-3H3,(H,15,20)(H,18,19). The van der Waals surface area contributed by atoms with Gasteiger partial charge in [-0.25, -0.2) is 9.59 Å². The molecule has 0 aromatic carbocycles. The fraction of sp³-hybridized carbons (Fsp3) is 0.538. The topological polar surface area (TPSA) is 88.7 Å². The van der Waals surface area contributed by atoms with Crippen molar-refractivity contribution in [3.63, 3.8) is 0 Å². The van der Waals surface area contributed by atoms with E-state index in [4.69, 9.17) is 5.11 Å². The maximum absolute atomic E-state index is 12.2. The van der Waals surface area contributed by atoms with Gasteiger partial charge in [0.25, 0.3) is 0 Å². The van der Waals surface area contributed by atoms with E-state index in [2.05, 4.69) is 22.1 Å². The van der Waals surface area contributed by atoms with Crippen molar-refractivity contribution < 1.29 is 14.7 Å². The molecule has 1 fully saturated rings. The minimum absolute atomic E-state index is 0.0121. The first kappa shape index (κ1) is 14.4. The number of amides is 2. The second kappa shape index (κ2) is 5.54. The highest BCUT2D eigenvalue weighted by Crippen LogP contribution is 2.18. The Bertz CT molecular complexity index is 526. The average Bonchev–Trinajstić information content (AvgIpc) is 2.73. The molecule has 1 aromatic heterocycles. The fourth-order valence-corrected chi connectivity index (χ4v) is 2.28. The lowest BCUT2D eigenvalue weighted by atomic mass is 10.2. The van der Waals surface area contributed by atoms with Gasteiger partial charge in [-0.2, -0.15) is 0 Å². The molecule has 1 unspecified atom stereocenters. The largest absolute Gasteiger partial charge is 0.477 e. The highest BCUT2D eigenvalue weighted by molar-refractivity contribution is 5.99. The van der Waals surface area contributed by atoms with Crippen LogP contribution < -0.4 is 5.32 Å². The molecule has 2 heterocycles. The second-order valence-corrected chi connectivity index (χ2v) is 5.25. The number of aromatic carboxylic acids is 1. The highest BCUT2D eigenvalue weighted by atomic mass is 16.4. The zero-order valence-electron chi connectivity index (χ0n) is 11.9. The van der Waals surface area contributed by atoms with Gasteiger partial charge in [0.2, 0.25) is 0 Å². The quantitative estimate of drug-likeness (QED) is 0.759. The van der Waals surface area contributed by atoms with Crippen molar-refractivity contribution in [2.24, 2.45) is 0 Å². The number of H-pyrrole nitrogens is 1. The Morgan fingerprint density at radius 2 is 2.15 bits per heavy atom. The number of likely N-dealkylation sites (N-methyl/N-ethyl adjacent to an activating group) is 1. The van der Waals surface area contributed by atoms with Crippen LogP contribution in [0.4, 0.5) is 10.5 Å². The van der Waals surface area contributed by atoms with Gasteiger partial charge in [-0.1, -0.05) is 0 Å². The first-order chi connectivity index (χ1) is 9.38. The normalized spacial score (nSPS) is 19.9. The monoisotopic (exact) mass is 280 g/mol. The Hall–Kier alpha value is -2.02. The van der Waals surface area contributed by atoms with Crippen LogP contribution in [0.3, 0.4) is 0 Å². The number of anilines is 1. The lowest BCUT2D eigenvalue weighted by molar-refractivity contribution is 0.0692. The van der Waals surface area contributed by atoms with Crippen molar-refractivity contribution in [2.45, 2.75) is 19.9 Å². The second-order valence-electron chi connectivity index (χ2n) is 5.25. The first-order valence-electron chi connectivity index (χ1n) is 6.57. The number of urea groups is 1. The van der Waals surface area contributed by atoms with Gasteiger partial charge in [-0.3, -0.25) is 0 Å². The molecule has 0 radical (unpaired) electrons. The molecule has 1 aromatic rings. The lowest BCUT2D eigenvalue weighted by Gasteiger charge is -2.37. The van der Waals surface area contributed by atoms with Crippen molar-refractivity contribution in [2.75, 3.05) is 32.0 Å². The molecule has 1 saturated heterocycles. The number of carboxylic acid groups (broad SMARTS) is 1. The number of carbonyl (C=O) groups is 2. The molecule has 7 nitrogen and oxygen atoms in total. The van der Waals surface area contributed by atoms with Crippen LogP contribution in [0.2, 0.25) is 0 Å². The van der Waals surface area contributed by atoms with Crippen LogP contribution in [0.5, 0.6) is 0 Å². The van der Waals surface area contributed by atoms with Gasteiger partial charge in [-0.15, -0.1) is 0 Å². The van der Waals surface area contributed by atoms with Gasteiger partial charge in [-0.05, 0) is 27.0 Å². The zero-order chi connectivity index (χ0) is 14.9. The van der Waals surface area contributed by atoms with Crippen LogP contribution >= 0.6 is 0 Å². The summed E-state index contributed by atoms with van der Waals surface area (Å²) in [4.78, 5) is 29.9. The molecular formula is C13H20N4O3. The van der Waals surface area contributed by atoms with Crippen molar-refractivity contribution >= 4 is 17.7 Å². The molecule has 2 rings (SSSR count). The van der Waals surface area contributed by atoms with Gasteiger partial charge < -0.3 is 25.2 Å². The van der Waals surface area contributed by atoms with Crippen molar-refractivity contribution in [1.82, 2.24) is 14.8 Å². The number of piperazine rings is 1. The third kappa shape index (κ3) is 2.93. The Labute approximate surface area is 117 Å². The van der Waals surface area contributed by atoms with E-state index in [0.29, 0.717) is 30.5 Å². The summed E-state index contributed by atoms with van der Waals surface area (Å²) < 4.78 is 0. The van der Waals surface area contributed by atoms with Crippen LogP contribution in [0, 0.1) is 6.92 Å². The molecule has 1 aliphatic rings. The number of carboxylic acids is 1. The van der Waals surface area contributed by atoms with Gasteiger partial charge in [0.05, 0.1) is 5.69 Å². The highest BCUT2D eigenvalue weighted by Gasteiger charge is 2.25. The van der Waals surface area contributed by atoms with E-state index in [0.717, 1.165) is 6.54 Å². The van der Waals surface area contributed by atoms with Crippen LogP contribution in [-0.2, 0) is 0 Å². The Morgan fingerprint density at radius 3 is 2.75 bits per heavy atom. The van der Waals surface area contributed by atoms with Crippen LogP contribution in [0.1, 0.15) is 23.1 Å². The van der Waals surface area contributed by atoms with Crippen LogP contribution in [-0.4, -0.2) is 64.6 Å². The minimum Gasteiger partial charge on any atom is -0.477 e. The van der Waals surface area contributed by atoms with Gasteiger partial charge in [0.15, 0.2) is 0 Å². The molecule has 110 valence electrons. The molecule has 1 aliphatic heterocycles. The van der Waals surface area contributed by atoms with E-state index in [1.54, 1.807) is 17.9 Å². The predicted octanol–water partition coefficient (Wildman–Crippen LogP) is 1.19. The van der Waals surface area contributed by atoms with E-state index >= 15 is 0 Å². The van der Waals surface area contributed by atoms with E-state index in [1.807, 2.05) is 7.05 Å². The van der Waals surface area contributed by atoms with E-state index in [1.165, 1.54) is 0 Å². The van der Waals surface area contributed by atoms with Crippen LogP contribution in [0.15, 0.2) is 6.07 Å². The van der Waals surface area contributed by atoms with E-state index in [9.17, 15) is 9.59 Å². The third-order valence-electron chi connectivity index (χ3n) is 3.65. The molecule has 1 atom stereocenters. The summed E-state index contributed by atoms with van der Waals surface area (Å²) in [5.74, 6) is -1.08. The average molecular weight is 280 g/mol. The molecule has 20 heavy (non-hydrogen) atoms. The Morgan fingerprint density at radius 1 is 1.45 bits per heavy atom. The van der Waals surface area contributed by atoms with Gasteiger partial charge in [0.1, 0.15) is 5.69 Å². The van der Waals surface area contributed by atoms with Crippen LogP contribution in [0.25, 0.3) is 0 Å². The summed E-state index contributed by atoms with van der Waals surface area (Å²) in [6.45, 7) is 5.89. The van der Waals surface area contributed by atoms with Crippen molar-refractivity contribution in [3.05, 3.63) is 17.5 Å². The minimum atomic E-state index is -1.08. The Balaban J connectivity index is 2.07. The summed E-state index contributed by atoms with van der Waals surface area (Å²) in [6, 6.07) is 1.66. The molecule has 3 N–H and O–H groups in total. The smallest absolute Gasteiger partial charge is 0.354 e. The molecule has 0 saturated carbocycles. The number of carbonyl (C=O) groups excluding carboxylic acids is 1. The SMILES string of the molecule is Cc1cc(NC(=O)N2CCN(C)C(C)C2)c(C(=O)O)[nH]1. The number of hydrogen-bond donors (Lipinski definition) is 3. The van der Waals surface area contributed by atoms with E-state index in [-0.39, 0.29) is 11.7 Å². The number of hydrogen-bond acceptors (Lipinski definition) is 3. The number of aromatic amines is 1. The fourth-order valence-electron chi connectivity index (χ4n) is 2.28. The summed E-state index contributed by atoms with van der Waals surface area (Å²) >= 11 is 0. The molecule has 7 heteroatoms. The zero-order valence-corrected chi connectivity index (χ0v) is 11.9. The Kier molecular flexibility index (Phi) is 3.99. The van der Waals surface area contributed by atoms with Gasteiger partial charge >= 0.3 is 12.0 Å². The molecule has 0 bridgehead atoms. The van der Waals surface area contributed by atoms with Crippen molar-refractivity contribution in [1.29, 1.82) is 0 Å². The van der Waals surface area contributed by atoms with Gasteiger partial charge in [0, 0.05) is 31.4 Å². The molecular weight excluding hydrogens is 260 g/mol. The molecule has 0 aliphatic carbocycles. The first-order valence-corrected chi connectivity index (χ1v) is 6.57. The van der Waals surface area contributed by atoms with Crippen molar-refractivity contribution in [3.8, 4) is 0 Å². The number of nitrogens with zero attached hydrogens (tertiary/aromatic N) is 2. The number of aromatic nitrogens is 1. The summed E-state index contributed by atoms with van der Waals surface area (Å²) in [6.07, 6.45) is 0. The molecule has 2 amide bonds. The molecule has 0 spiro atoms. The van der Waals surface area contributed by atoms with E-state index < -0.39 is 5.97 Å². The summed E-state index contributed by atoms with van der Waals surface area (Å²) in [5.41, 5.74) is 1.02. The predicted molar refractivity (Wildman–Crippen MR) is 75.2 cm³/mol. The third-order valence-corrected chi connectivity index (χ3v) is 3.65. The summed E-state index contributed by atoms with van der Waals surface area (Å²) in [5, 5.41) is 11.8. The number of rotatable bonds is 2. The lowest BCUT2D eigenvalue weighted by Crippen LogP contribution is -2.53. The number of nitrogens with one attached hydrogen (secondary N) is 2. The maximum Gasteiger partial charge on any atom is 0.354 e. The number of aryl methyl sites for hydroxylation is 1. The maximum atomic E-state index is 12.2. The summed E-state index contributed by atoms with van der Waals surface area (Å²) in [7, 11) is 2.03.